The minimum Gasteiger partial charge on any atom is -0.352 e. The number of hydrogen-bond acceptors (Lipinski definition) is 3. The van der Waals surface area contributed by atoms with E-state index in [0.29, 0.717) is 12.6 Å². The van der Waals surface area contributed by atoms with Crippen LogP contribution in [0.25, 0.3) is 0 Å². The predicted molar refractivity (Wildman–Crippen MR) is 82.8 cm³/mol. The highest BCUT2D eigenvalue weighted by molar-refractivity contribution is 5.78. The van der Waals surface area contributed by atoms with Crippen molar-refractivity contribution in [2.45, 2.75) is 57.9 Å². The summed E-state index contributed by atoms with van der Waals surface area (Å²) in [6, 6.07) is 0.430. The van der Waals surface area contributed by atoms with Crippen molar-refractivity contribution >= 4 is 5.91 Å². The van der Waals surface area contributed by atoms with Crippen LogP contribution in [0.15, 0.2) is 0 Å². The summed E-state index contributed by atoms with van der Waals surface area (Å²) in [5.74, 6) is 0.237. The molecule has 1 amide bonds. The highest BCUT2D eigenvalue weighted by atomic mass is 16.2. The minimum atomic E-state index is 0.237. The molecule has 0 aromatic rings. The van der Waals surface area contributed by atoms with Gasteiger partial charge in [-0.25, -0.2) is 0 Å². The predicted octanol–water partition coefficient (Wildman–Crippen LogP) is 1.85. The molecular formula is C16H31N3O. The Hall–Kier alpha value is -0.610. The van der Waals surface area contributed by atoms with Gasteiger partial charge in [-0.3, -0.25) is 9.69 Å². The maximum absolute atomic E-state index is 12.2. The first-order valence-electron chi connectivity index (χ1n) is 8.52. The molecule has 0 atom stereocenters. The molecular weight excluding hydrogens is 250 g/mol. The van der Waals surface area contributed by atoms with Crippen LogP contribution in [0, 0.1) is 0 Å². The van der Waals surface area contributed by atoms with E-state index in [9.17, 15) is 4.79 Å². The Balaban J connectivity index is 1.66. The van der Waals surface area contributed by atoms with Gasteiger partial charge in [-0.2, -0.15) is 0 Å². The van der Waals surface area contributed by atoms with Crippen LogP contribution in [-0.2, 0) is 4.79 Å². The van der Waals surface area contributed by atoms with E-state index in [0.717, 1.165) is 32.7 Å². The van der Waals surface area contributed by atoms with E-state index in [1.807, 2.05) is 0 Å². The topological polar surface area (TPSA) is 35.6 Å². The van der Waals surface area contributed by atoms with Gasteiger partial charge in [-0.05, 0) is 19.4 Å². The fourth-order valence-electron chi connectivity index (χ4n) is 3.34. The highest BCUT2D eigenvalue weighted by Gasteiger charge is 2.19. The average Bonchev–Trinajstić information content (AvgIpc) is 2.42. The van der Waals surface area contributed by atoms with Crippen molar-refractivity contribution in [3.63, 3.8) is 0 Å². The van der Waals surface area contributed by atoms with E-state index >= 15 is 0 Å². The quantitative estimate of drug-likeness (QED) is 0.854. The Labute approximate surface area is 123 Å². The average molecular weight is 281 g/mol. The Morgan fingerprint density at radius 3 is 2.10 bits per heavy atom. The molecule has 2 rings (SSSR count). The van der Waals surface area contributed by atoms with Gasteiger partial charge in [-0.1, -0.05) is 39.0 Å². The summed E-state index contributed by atoms with van der Waals surface area (Å²) in [6.07, 6.45) is 8.96. The van der Waals surface area contributed by atoms with Gasteiger partial charge in [0.15, 0.2) is 0 Å². The van der Waals surface area contributed by atoms with E-state index in [4.69, 9.17) is 0 Å². The van der Waals surface area contributed by atoms with Crippen molar-refractivity contribution in [3.8, 4) is 0 Å². The van der Waals surface area contributed by atoms with Crippen LogP contribution in [0.4, 0.5) is 0 Å². The van der Waals surface area contributed by atoms with E-state index in [-0.39, 0.29) is 5.91 Å². The Morgan fingerprint density at radius 1 is 0.950 bits per heavy atom. The first kappa shape index (κ1) is 15.8. The summed E-state index contributed by atoms with van der Waals surface area (Å²) in [5.41, 5.74) is 0. The molecule has 1 saturated heterocycles. The second kappa shape index (κ2) is 8.63. The molecule has 1 aliphatic heterocycles. The fraction of sp³-hybridized carbons (Fsp3) is 0.938. The van der Waals surface area contributed by atoms with Crippen molar-refractivity contribution in [1.29, 1.82) is 0 Å². The van der Waals surface area contributed by atoms with Gasteiger partial charge in [0.2, 0.25) is 5.91 Å². The molecule has 0 aromatic carbocycles. The van der Waals surface area contributed by atoms with E-state index in [1.54, 1.807) is 0 Å². The molecule has 0 spiro atoms. The van der Waals surface area contributed by atoms with Crippen LogP contribution < -0.4 is 5.32 Å². The van der Waals surface area contributed by atoms with Crippen molar-refractivity contribution < 1.29 is 4.79 Å². The first-order valence-corrected chi connectivity index (χ1v) is 8.52. The third-order valence-electron chi connectivity index (χ3n) is 4.75. The summed E-state index contributed by atoms with van der Waals surface area (Å²) in [4.78, 5) is 16.9. The van der Waals surface area contributed by atoms with Crippen LogP contribution >= 0.6 is 0 Å². The van der Waals surface area contributed by atoms with Gasteiger partial charge >= 0.3 is 0 Å². The highest BCUT2D eigenvalue weighted by Crippen LogP contribution is 2.17. The number of hydrogen-bond donors (Lipinski definition) is 1. The van der Waals surface area contributed by atoms with Gasteiger partial charge in [-0.15, -0.1) is 0 Å². The lowest BCUT2D eigenvalue weighted by Gasteiger charge is -2.33. The van der Waals surface area contributed by atoms with Crippen molar-refractivity contribution in [3.05, 3.63) is 0 Å². The van der Waals surface area contributed by atoms with Gasteiger partial charge in [0.05, 0.1) is 6.54 Å². The number of carbonyl (C=O) groups is 1. The lowest BCUT2D eigenvalue weighted by Crippen LogP contribution is -2.50. The number of rotatable bonds is 4. The van der Waals surface area contributed by atoms with Gasteiger partial charge in [0.1, 0.15) is 0 Å². The van der Waals surface area contributed by atoms with Gasteiger partial charge < -0.3 is 10.2 Å². The molecule has 1 aliphatic carbocycles. The molecule has 1 N–H and O–H groups in total. The Morgan fingerprint density at radius 2 is 1.50 bits per heavy atom. The van der Waals surface area contributed by atoms with Gasteiger partial charge in [0.25, 0.3) is 0 Å². The smallest absolute Gasteiger partial charge is 0.234 e. The van der Waals surface area contributed by atoms with Crippen LogP contribution in [-0.4, -0.2) is 61.0 Å². The number of nitrogens with one attached hydrogen (secondary N) is 1. The lowest BCUT2D eigenvalue weighted by molar-refractivity contribution is -0.123. The maximum atomic E-state index is 12.2. The van der Waals surface area contributed by atoms with Crippen molar-refractivity contribution in [1.82, 2.24) is 15.1 Å². The lowest BCUT2D eigenvalue weighted by atomic mass is 9.97. The number of nitrogens with zero attached hydrogens (tertiary/aromatic N) is 2. The number of likely N-dealkylation sites (N-methyl/N-ethyl adjacent to an activating group) is 1. The molecule has 0 radical (unpaired) electrons. The van der Waals surface area contributed by atoms with E-state index in [2.05, 4.69) is 22.0 Å². The summed E-state index contributed by atoms with van der Waals surface area (Å²) in [5, 5.41) is 3.26. The molecule has 1 saturated carbocycles. The summed E-state index contributed by atoms with van der Waals surface area (Å²) in [6.45, 7) is 8.20. The maximum Gasteiger partial charge on any atom is 0.234 e. The molecule has 20 heavy (non-hydrogen) atoms. The molecule has 0 aromatic heterocycles. The standard InChI is InChI=1S/C16H31N3O/c1-2-18-10-12-19(13-11-18)14-16(20)17-15-8-6-4-3-5-7-9-15/h15H,2-14H2,1H3,(H,17,20). The zero-order valence-corrected chi connectivity index (χ0v) is 13.1. The SMILES string of the molecule is CCN1CCN(CC(=O)NC2CCCCCCC2)CC1. The first-order chi connectivity index (χ1) is 9.78. The fourth-order valence-corrected chi connectivity index (χ4v) is 3.34. The van der Waals surface area contributed by atoms with Crippen LogP contribution in [0.1, 0.15) is 51.9 Å². The molecule has 0 bridgehead atoms. The molecule has 116 valence electrons. The number of carbonyl (C=O) groups excluding carboxylic acids is 1. The Kier molecular flexibility index (Phi) is 6.80. The summed E-state index contributed by atoms with van der Waals surface area (Å²) in [7, 11) is 0. The van der Waals surface area contributed by atoms with Crippen LogP contribution in [0.3, 0.4) is 0 Å². The van der Waals surface area contributed by atoms with Crippen molar-refractivity contribution in [2.75, 3.05) is 39.3 Å². The van der Waals surface area contributed by atoms with E-state index in [1.165, 1.54) is 44.9 Å². The molecule has 2 aliphatic rings. The van der Waals surface area contributed by atoms with Crippen molar-refractivity contribution in [2.24, 2.45) is 0 Å². The minimum absolute atomic E-state index is 0.237. The van der Waals surface area contributed by atoms with E-state index < -0.39 is 0 Å². The summed E-state index contributed by atoms with van der Waals surface area (Å²) < 4.78 is 0. The van der Waals surface area contributed by atoms with Crippen LogP contribution in [0.5, 0.6) is 0 Å². The molecule has 1 heterocycles. The normalized spacial score (nSPS) is 24.1. The second-order valence-electron chi connectivity index (χ2n) is 6.32. The number of piperazine rings is 1. The third kappa shape index (κ3) is 5.41. The zero-order valence-electron chi connectivity index (χ0n) is 13.1. The largest absolute Gasteiger partial charge is 0.352 e. The molecule has 4 heteroatoms. The van der Waals surface area contributed by atoms with Gasteiger partial charge in [0, 0.05) is 32.2 Å². The van der Waals surface area contributed by atoms with Crippen LogP contribution in [0.2, 0.25) is 0 Å². The molecule has 0 unspecified atom stereocenters. The third-order valence-corrected chi connectivity index (χ3v) is 4.75. The molecule has 2 fully saturated rings. The zero-order chi connectivity index (χ0) is 14.2. The second-order valence-corrected chi connectivity index (χ2v) is 6.32. The summed E-state index contributed by atoms with van der Waals surface area (Å²) >= 11 is 0. The number of amides is 1. The molecule has 4 nitrogen and oxygen atoms in total. The monoisotopic (exact) mass is 281 g/mol. The Bertz CT molecular complexity index is 279.